The van der Waals surface area contributed by atoms with Crippen molar-refractivity contribution in [3.8, 4) is 11.5 Å². The summed E-state index contributed by atoms with van der Waals surface area (Å²) in [4.78, 5) is 14.4. The van der Waals surface area contributed by atoms with Gasteiger partial charge in [0, 0.05) is 4.88 Å². The number of ether oxygens (including phenoxy) is 1. The van der Waals surface area contributed by atoms with Gasteiger partial charge in [-0.25, -0.2) is 0 Å². The molecule has 0 saturated heterocycles. The number of hydrogen-bond acceptors (Lipinski definition) is 5. The van der Waals surface area contributed by atoms with Crippen molar-refractivity contribution in [1.29, 1.82) is 0 Å². The van der Waals surface area contributed by atoms with Gasteiger partial charge in [-0.3, -0.25) is 4.79 Å². The third-order valence-electron chi connectivity index (χ3n) is 6.66. The molecule has 0 fully saturated rings. The molecule has 1 aliphatic carbocycles. The molecule has 0 spiro atoms. The van der Waals surface area contributed by atoms with E-state index in [9.17, 15) is 9.90 Å². The largest absolute Gasteiger partial charge is 0.504 e. The van der Waals surface area contributed by atoms with Crippen molar-refractivity contribution in [2.45, 2.75) is 52.6 Å². The van der Waals surface area contributed by atoms with Crippen LogP contribution in [0.4, 0.5) is 5.00 Å². The Hall–Kier alpha value is -1.48. The van der Waals surface area contributed by atoms with Crippen molar-refractivity contribution >= 4 is 44.8 Å². The maximum absolute atomic E-state index is 13.0. The van der Waals surface area contributed by atoms with Crippen LogP contribution in [-0.2, 0) is 12.8 Å². The Morgan fingerprint density at radius 1 is 1.34 bits per heavy atom. The van der Waals surface area contributed by atoms with Crippen LogP contribution in [0, 0.1) is 14.9 Å². The Balaban J connectivity index is 1.65. The van der Waals surface area contributed by atoms with Gasteiger partial charge in [0.2, 0.25) is 0 Å². The zero-order chi connectivity index (χ0) is 20.9. The number of halogens is 1. The fourth-order valence-electron chi connectivity index (χ4n) is 4.34. The van der Waals surface area contributed by atoms with E-state index in [1.807, 2.05) is 6.07 Å². The van der Waals surface area contributed by atoms with Crippen molar-refractivity contribution in [3.63, 3.8) is 0 Å². The highest BCUT2D eigenvalue weighted by Gasteiger charge is 2.37. The summed E-state index contributed by atoms with van der Waals surface area (Å²) in [6.07, 6.45) is 3.99. The number of methoxy groups -OCH3 is 1. The molecule has 0 radical (unpaired) electrons. The molecule has 1 aromatic heterocycles. The molecule has 0 bridgehead atoms. The number of amides is 1. The van der Waals surface area contributed by atoms with Crippen molar-refractivity contribution < 1.29 is 14.6 Å². The maximum Gasteiger partial charge on any atom is 0.256 e. The molecule has 3 N–H and O–H groups in total. The van der Waals surface area contributed by atoms with E-state index in [-0.39, 0.29) is 17.8 Å². The third-order valence-corrected chi connectivity index (χ3v) is 8.67. The van der Waals surface area contributed by atoms with Crippen LogP contribution in [0.1, 0.15) is 66.1 Å². The summed E-state index contributed by atoms with van der Waals surface area (Å²) < 4.78 is 5.97. The van der Waals surface area contributed by atoms with E-state index in [0.29, 0.717) is 20.7 Å². The molecule has 156 valence electrons. The molecule has 5 nitrogen and oxygen atoms in total. The summed E-state index contributed by atoms with van der Waals surface area (Å²) in [6.45, 7) is 6.98. The Bertz CT molecular complexity index is 969. The lowest BCUT2D eigenvalue weighted by molar-refractivity contribution is 0.0934. The number of aromatic hydroxyl groups is 1. The second-order valence-electron chi connectivity index (χ2n) is 8.59. The monoisotopic (exact) mass is 526 g/mol. The molecular formula is C22H27IN2O3S. The fraction of sp³-hybridized carbons (Fsp3) is 0.500. The van der Waals surface area contributed by atoms with Gasteiger partial charge in [0.25, 0.3) is 5.91 Å². The van der Waals surface area contributed by atoms with Crippen LogP contribution in [0.5, 0.6) is 11.5 Å². The van der Waals surface area contributed by atoms with Crippen molar-refractivity contribution in [3.05, 3.63) is 37.3 Å². The number of thiophene rings is 1. The van der Waals surface area contributed by atoms with Gasteiger partial charge in [-0.2, -0.15) is 0 Å². The number of benzene rings is 1. The minimum absolute atomic E-state index is 0.0171. The summed E-state index contributed by atoms with van der Waals surface area (Å²) in [5, 5.41) is 17.7. The third kappa shape index (κ3) is 3.60. The molecule has 29 heavy (non-hydrogen) atoms. The lowest BCUT2D eigenvalue weighted by Gasteiger charge is -2.36. The number of nitrogens with one attached hydrogen (secondary N) is 2. The van der Waals surface area contributed by atoms with E-state index < -0.39 is 0 Å². The summed E-state index contributed by atoms with van der Waals surface area (Å²) in [5.74, 6) is 1.16. The van der Waals surface area contributed by atoms with Crippen LogP contribution in [0.15, 0.2) is 12.1 Å². The topological polar surface area (TPSA) is 70.6 Å². The van der Waals surface area contributed by atoms with E-state index in [0.717, 1.165) is 35.4 Å². The predicted octanol–water partition coefficient (Wildman–Crippen LogP) is 5.46. The average Bonchev–Trinajstić information content (AvgIpc) is 3.07. The molecule has 2 atom stereocenters. The quantitative estimate of drug-likeness (QED) is 0.463. The van der Waals surface area contributed by atoms with Crippen LogP contribution >= 0.6 is 33.9 Å². The molecule has 0 saturated carbocycles. The number of phenolic OH excluding ortho intramolecular Hbond substituents is 1. The first-order chi connectivity index (χ1) is 13.7. The first-order valence-corrected chi connectivity index (χ1v) is 11.9. The summed E-state index contributed by atoms with van der Waals surface area (Å²) in [6, 6.07) is 3.64. The molecule has 2 aliphatic rings. The van der Waals surface area contributed by atoms with Gasteiger partial charge >= 0.3 is 0 Å². The lowest BCUT2D eigenvalue weighted by atomic mass is 9.69. The highest BCUT2D eigenvalue weighted by molar-refractivity contribution is 14.1. The van der Waals surface area contributed by atoms with Crippen LogP contribution in [0.25, 0.3) is 0 Å². The van der Waals surface area contributed by atoms with E-state index in [4.69, 9.17) is 4.74 Å². The molecule has 1 amide bonds. The van der Waals surface area contributed by atoms with Crippen LogP contribution < -0.4 is 15.4 Å². The van der Waals surface area contributed by atoms with Crippen LogP contribution in [0.2, 0.25) is 0 Å². The molecular weight excluding hydrogens is 499 g/mol. The van der Waals surface area contributed by atoms with E-state index in [1.54, 1.807) is 17.4 Å². The van der Waals surface area contributed by atoms with Crippen LogP contribution in [0.3, 0.4) is 0 Å². The number of phenols is 1. The lowest BCUT2D eigenvalue weighted by Crippen LogP contribution is -2.38. The number of carbonyl (C=O) groups excluding carboxylic acids is 1. The molecule has 4 rings (SSSR count). The van der Waals surface area contributed by atoms with Gasteiger partial charge in [-0.05, 0) is 76.4 Å². The zero-order valence-corrected chi connectivity index (χ0v) is 20.2. The molecule has 7 heteroatoms. The van der Waals surface area contributed by atoms with Gasteiger partial charge in [-0.1, -0.05) is 27.2 Å². The minimum atomic E-state index is -0.346. The highest BCUT2D eigenvalue weighted by atomic mass is 127. The first-order valence-electron chi connectivity index (χ1n) is 10.0. The molecule has 2 heterocycles. The molecule has 2 aromatic rings. The average molecular weight is 526 g/mol. The summed E-state index contributed by atoms with van der Waals surface area (Å²) in [5.41, 5.74) is 3.24. The maximum atomic E-state index is 13.0. The first kappa shape index (κ1) is 20.8. The number of anilines is 1. The number of rotatable bonds is 4. The molecule has 1 aromatic carbocycles. The predicted molar refractivity (Wildman–Crippen MR) is 125 cm³/mol. The highest BCUT2D eigenvalue weighted by Crippen LogP contribution is 2.47. The Labute approximate surface area is 189 Å². The van der Waals surface area contributed by atoms with Gasteiger partial charge in [0.1, 0.15) is 11.2 Å². The molecule has 0 unspecified atom stereocenters. The van der Waals surface area contributed by atoms with Gasteiger partial charge in [0.15, 0.2) is 11.5 Å². The van der Waals surface area contributed by atoms with E-state index in [2.05, 4.69) is 54.0 Å². The summed E-state index contributed by atoms with van der Waals surface area (Å²) >= 11 is 3.81. The van der Waals surface area contributed by atoms with Gasteiger partial charge in [0.05, 0.1) is 16.2 Å². The Morgan fingerprint density at radius 2 is 2.10 bits per heavy atom. The zero-order valence-electron chi connectivity index (χ0n) is 17.2. The Kier molecular flexibility index (Phi) is 5.48. The van der Waals surface area contributed by atoms with Gasteiger partial charge < -0.3 is 20.5 Å². The van der Waals surface area contributed by atoms with Crippen molar-refractivity contribution in [1.82, 2.24) is 5.32 Å². The van der Waals surface area contributed by atoms with Crippen molar-refractivity contribution in [2.24, 2.45) is 11.3 Å². The SMILES string of the molecule is CCC(C)(C)[C@H]1CCc2c(sc3c2C(=O)N[C@@H](c2cc(I)c(O)c(OC)c2)N3)C1. The van der Waals surface area contributed by atoms with Crippen molar-refractivity contribution in [2.75, 3.05) is 12.4 Å². The number of hydrogen-bond donors (Lipinski definition) is 3. The standard InChI is InChI=1S/C22H27IN2O3S/c1-5-22(2,3)12-6-7-13-16(10-12)29-21-17(13)20(27)24-19(25-21)11-8-14(23)18(26)15(9-11)28-4/h8-9,12,19,25-26H,5-7,10H2,1-4H3,(H,24,27)/t12-,19+/m0/s1. The normalized spacial score (nSPS) is 21.1. The summed E-state index contributed by atoms with van der Waals surface area (Å²) in [7, 11) is 1.53. The Morgan fingerprint density at radius 3 is 2.79 bits per heavy atom. The van der Waals surface area contributed by atoms with E-state index in [1.165, 1.54) is 24.0 Å². The molecule has 1 aliphatic heterocycles. The van der Waals surface area contributed by atoms with Crippen LogP contribution in [-0.4, -0.2) is 18.1 Å². The second kappa shape index (κ2) is 7.65. The minimum Gasteiger partial charge on any atom is -0.504 e. The van der Waals surface area contributed by atoms with Gasteiger partial charge in [-0.15, -0.1) is 11.3 Å². The fourth-order valence-corrected chi connectivity index (χ4v) is 6.32. The number of fused-ring (bicyclic) bond motifs is 3. The second-order valence-corrected chi connectivity index (χ2v) is 10.9. The number of carbonyl (C=O) groups is 1. The smallest absolute Gasteiger partial charge is 0.256 e. The van der Waals surface area contributed by atoms with E-state index >= 15 is 0 Å².